The Morgan fingerprint density at radius 2 is 2.09 bits per heavy atom. The largest absolute Gasteiger partial charge is 0.468 e. The predicted molar refractivity (Wildman–Crippen MR) is 98.8 cm³/mol. The molecule has 1 aromatic carbocycles. The zero-order chi connectivity index (χ0) is 15.8. The summed E-state index contributed by atoms with van der Waals surface area (Å²) in [4.78, 5) is 0. The molecule has 0 fully saturated rings. The van der Waals surface area contributed by atoms with E-state index in [1.54, 1.807) is 24.1 Å². The molecule has 0 amide bonds. The summed E-state index contributed by atoms with van der Waals surface area (Å²) < 4.78 is 5.27. The van der Waals surface area contributed by atoms with Crippen LogP contribution in [0.1, 0.15) is 11.3 Å². The van der Waals surface area contributed by atoms with Crippen molar-refractivity contribution in [2.45, 2.75) is 12.3 Å². The minimum atomic E-state index is 0.571. The Morgan fingerprint density at radius 3 is 2.82 bits per heavy atom. The van der Waals surface area contributed by atoms with E-state index in [0.717, 1.165) is 29.4 Å². The van der Waals surface area contributed by atoms with Crippen LogP contribution in [-0.4, -0.2) is 17.4 Å². The lowest BCUT2D eigenvalue weighted by Gasteiger charge is -2.11. The van der Waals surface area contributed by atoms with Crippen LogP contribution in [-0.2, 0) is 12.3 Å². The first-order valence-corrected chi connectivity index (χ1v) is 9.03. The highest BCUT2D eigenvalue weighted by Gasteiger charge is 2.02. The van der Waals surface area contributed by atoms with Crippen LogP contribution in [0.2, 0.25) is 10.0 Å². The van der Waals surface area contributed by atoms with Crippen molar-refractivity contribution in [2.75, 3.05) is 12.3 Å². The number of furan rings is 1. The van der Waals surface area contributed by atoms with Gasteiger partial charge in [-0.15, -0.1) is 0 Å². The van der Waals surface area contributed by atoms with Crippen LogP contribution in [0.15, 0.2) is 41.0 Å². The van der Waals surface area contributed by atoms with Gasteiger partial charge < -0.3 is 15.1 Å². The minimum Gasteiger partial charge on any atom is -0.468 e. The number of hydrogen-bond acceptors (Lipinski definition) is 3. The van der Waals surface area contributed by atoms with Crippen LogP contribution in [0, 0.1) is 0 Å². The molecule has 2 rings (SSSR count). The van der Waals surface area contributed by atoms with Crippen molar-refractivity contribution in [3.8, 4) is 0 Å². The van der Waals surface area contributed by atoms with Gasteiger partial charge in [-0.25, -0.2) is 0 Å². The summed E-state index contributed by atoms with van der Waals surface area (Å²) >= 11 is 19.0. The average molecular weight is 375 g/mol. The molecular weight excluding hydrogens is 359 g/mol. The molecule has 1 aromatic heterocycles. The van der Waals surface area contributed by atoms with E-state index in [4.69, 9.17) is 39.8 Å². The third kappa shape index (κ3) is 6.08. The first-order valence-electron chi connectivity index (χ1n) is 6.71. The molecule has 2 N–H and O–H groups in total. The Hall–Kier alpha value is -0.880. The third-order valence-corrected chi connectivity index (χ3v) is 4.67. The summed E-state index contributed by atoms with van der Waals surface area (Å²) in [5.74, 6) is 2.81. The fraction of sp³-hybridized carbons (Fsp3) is 0.267. The van der Waals surface area contributed by atoms with Crippen molar-refractivity contribution >= 4 is 52.3 Å². The maximum atomic E-state index is 6.11. The smallest absolute Gasteiger partial charge is 0.166 e. The predicted octanol–water partition coefficient (Wildman–Crippen LogP) is 4.48. The van der Waals surface area contributed by atoms with Crippen LogP contribution < -0.4 is 10.6 Å². The summed E-state index contributed by atoms with van der Waals surface area (Å²) in [6.07, 6.45) is 1.69. The van der Waals surface area contributed by atoms with Crippen molar-refractivity contribution in [3.05, 3.63) is 58.0 Å². The molecule has 0 unspecified atom stereocenters. The fourth-order valence-corrected chi connectivity index (χ4v) is 3.11. The normalized spacial score (nSPS) is 10.5. The maximum absolute atomic E-state index is 6.11. The molecule has 0 bridgehead atoms. The van der Waals surface area contributed by atoms with Gasteiger partial charge in [0.05, 0.1) is 12.0 Å². The molecule has 0 aliphatic rings. The second kappa shape index (κ2) is 9.30. The first-order chi connectivity index (χ1) is 10.6. The third-order valence-electron chi connectivity index (χ3n) is 2.81. The molecule has 3 nitrogen and oxygen atoms in total. The van der Waals surface area contributed by atoms with Crippen LogP contribution in [0.5, 0.6) is 0 Å². The van der Waals surface area contributed by atoms with Gasteiger partial charge in [0.25, 0.3) is 0 Å². The average Bonchev–Trinajstić information content (AvgIpc) is 2.99. The highest BCUT2D eigenvalue weighted by molar-refractivity contribution is 7.98. The van der Waals surface area contributed by atoms with Gasteiger partial charge in [-0.1, -0.05) is 29.3 Å². The minimum absolute atomic E-state index is 0.571. The zero-order valence-corrected chi connectivity index (χ0v) is 14.9. The van der Waals surface area contributed by atoms with Crippen LogP contribution in [0.3, 0.4) is 0 Å². The van der Waals surface area contributed by atoms with Gasteiger partial charge >= 0.3 is 0 Å². The Labute approximate surface area is 149 Å². The Kier molecular flexibility index (Phi) is 7.39. The molecule has 118 valence electrons. The van der Waals surface area contributed by atoms with Gasteiger partial charge in [-0.05, 0) is 42.0 Å². The van der Waals surface area contributed by atoms with Gasteiger partial charge in [-0.3, -0.25) is 0 Å². The van der Waals surface area contributed by atoms with E-state index in [0.29, 0.717) is 21.7 Å². The summed E-state index contributed by atoms with van der Waals surface area (Å²) in [6.45, 7) is 1.37. The molecular formula is C15H16Cl2N2OS2. The number of halogens is 2. The highest BCUT2D eigenvalue weighted by atomic mass is 35.5. The number of thioether (sulfide) groups is 1. The van der Waals surface area contributed by atoms with Crippen molar-refractivity contribution in [2.24, 2.45) is 0 Å². The van der Waals surface area contributed by atoms with E-state index in [1.807, 2.05) is 24.3 Å². The Morgan fingerprint density at radius 1 is 1.23 bits per heavy atom. The van der Waals surface area contributed by atoms with E-state index in [9.17, 15) is 0 Å². The molecule has 0 saturated carbocycles. The van der Waals surface area contributed by atoms with Crippen LogP contribution in [0.4, 0.5) is 0 Å². The summed E-state index contributed by atoms with van der Waals surface area (Å²) in [5.41, 5.74) is 0.961. The lowest BCUT2D eigenvalue weighted by Crippen LogP contribution is -2.36. The molecule has 0 aliphatic carbocycles. The molecule has 1 heterocycles. The molecule has 22 heavy (non-hydrogen) atoms. The van der Waals surface area contributed by atoms with Crippen LogP contribution >= 0.6 is 47.2 Å². The standard InChI is InChI=1S/C15H16Cl2N2OS2/c16-12-4-3-11(14(17)8-12)9-19-15(21)18-5-7-22-10-13-2-1-6-20-13/h1-4,6,8H,5,7,9-10H2,(H2,18,19,21). The van der Waals surface area contributed by atoms with E-state index in [2.05, 4.69) is 10.6 Å². The number of thiocarbonyl (C=S) groups is 1. The number of rotatable bonds is 7. The van der Waals surface area contributed by atoms with E-state index in [-0.39, 0.29) is 0 Å². The molecule has 0 spiro atoms. The second-order valence-electron chi connectivity index (χ2n) is 4.48. The van der Waals surface area contributed by atoms with Gasteiger partial charge in [0.1, 0.15) is 5.76 Å². The van der Waals surface area contributed by atoms with E-state index in [1.165, 1.54) is 0 Å². The summed E-state index contributed by atoms with van der Waals surface area (Å²) in [7, 11) is 0. The highest BCUT2D eigenvalue weighted by Crippen LogP contribution is 2.20. The Balaban J connectivity index is 1.59. The molecule has 0 radical (unpaired) electrons. The lowest BCUT2D eigenvalue weighted by molar-refractivity contribution is 0.530. The SMILES string of the molecule is S=C(NCCSCc1ccco1)NCc1ccc(Cl)cc1Cl. The fourth-order valence-electron chi connectivity index (χ4n) is 1.71. The van der Waals surface area contributed by atoms with E-state index < -0.39 is 0 Å². The second-order valence-corrected chi connectivity index (χ2v) is 6.83. The van der Waals surface area contributed by atoms with Gasteiger partial charge in [0.2, 0.25) is 0 Å². The first kappa shape index (κ1) is 17.5. The van der Waals surface area contributed by atoms with Crippen LogP contribution in [0.25, 0.3) is 0 Å². The Bertz CT molecular complexity index is 606. The summed E-state index contributed by atoms with van der Waals surface area (Å²) in [6, 6.07) is 9.30. The monoisotopic (exact) mass is 374 g/mol. The molecule has 0 saturated heterocycles. The zero-order valence-electron chi connectivity index (χ0n) is 11.8. The van der Waals surface area contributed by atoms with Crippen molar-refractivity contribution in [1.82, 2.24) is 10.6 Å². The van der Waals surface area contributed by atoms with Crippen molar-refractivity contribution in [3.63, 3.8) is 0 Å². The maximum Gasteiger partial charge on any atom is 0.166 e. The number of nitrogens with one attached hydrogen (secondary N) is 2. The topological polar surface area (TPSA) is 37.2 Å². The van der Waals surface area contributed by atoms with Gasteiger partial charge in [0, 0.05) is 28.9 Å². The van der Waals surface area contributed by atoms with E-state index >= 15 is 0 Å². The molecule has 7 heteroatoms. The molecule has 2 aromatic rings. The molecule has 0 atom stereocenters. The molecule has 0 aliphatic heterocycles. The quantitative estimate of drug-likeness (QED) is 0.551. The lowest BCUT2D eigenvalue weighted by atomic mass is 10.2. The number of hydrogen-bond donors (Lipinski definition) is 2. The van der Waals surface area contributed by atoms with Gasteiger partial charge in [0.15, 0.2) is 5.11 Å². The van der Waals surface area contributed by atoms with Crippen molar-refractivity contribution < 1.29 is 4.42 Å². The summed E-state index contributed by atoms with van der Waals surface area (Å²) in [5, 5.41) is 8.17. The number of benzene rings is 1. The van der Waals surface area contributed by atoms with Crippen molar-refractivity contribution in [1.29, 1.82) is 0 Å². The van der Waals surface area contributed by atoms with Gasteiger partial charge in [-0.2, -0.15) is 11.8 Å².